The quantitative estimate of drug-likeness (QED) is 0.915. The van der Waals surface area contributed by atoms with Crippen LogP contribution in [-0.2, 0) is 0 Å². The third-order valence-electron chi connectivity index (χ3n) is 2.37. The van der Waals surface area contributed by atoms with E-state index in [9.17, 15) is 0 Å². The van der Waals surface area contributed by atoms with E-state index < -0.39 is 0 Å². The van der Waals surface area contributed by atoms with Crippen LogP contribution in [0.25, 0.3) is 0 Å². The number of benzene rings is 1. The Bertz CT molecular complexity index is 587. The lowest BCUT2D eigenvalue weighted by molar-refractivity contribution is 1.30. The first-order valence-corrected chi connectivity index (χ1v) is 5.87. The number of halogens is 1. The summed E-state index contributed by atoms with van der Waals surface area (Å²) in [7, 11) is 0. The van der Waals surface area contributed by atoms with Crippen LogP contribution < -0.4 is 5.32 Å². The molecule has 3 nitrogen and oxygen atoms in total. The molecule has 17 heavy (non-hydrogen) atoms. The maximum atomic E-state index is 9.12. The lowest BCUT2D eigenvalue weighted by atomic mass is 10.1. The first kappa shape index (κ1) is 11.6. The van der Waals surface area contributed by atoms with E-state index in [-0.39, 0.29) is 0 Å². The van der Waals surface area contributed by atoms with Gasteiger partial charge in [-0.05, 0) is 40.5 Å². The van der Waals surface area contributed by atoms with Gasteiger partial charge in [0, 0.05) is 10.7 Å². The van der Waals surface area contributed by atoms with Crippen LogP contribution in [-0.4, -0.2) is 4.98 Å². The Labute approximate surface area is 108 Å². The van der Waals surface area contributed by atoms with Crippen LogP contribution in [0, 0.1) is 18.3 Å². The maximum Gasteiger partial charge on any atom is 0.102 e. The topological polar surface area (TPSA) is 48.7 Å². The van der Waals surface area contributed by atoms with E-state index in [0.717, 1.165) is 21.4 Å². The standard InChI is InChI=1S/C13H10BrN3/c1-9-3-2-4-13(12(9)6-15)17-11-5-10(14)7-16-8-11/h2-5,7-8,17H,1H3. The van der Waals surface area contributed by atoms with Crippen LogP contribution in [0.4, 0.5) is 11.4 Å². The molecule has 0 unspecified atom stereocenters. The van der Waals surface area contributed by atoms with Crippen molar-refractivity contribution in [1.29, 1.82) is 5.26 Å². The van der Waals surface area contributed by atoms with Crippen molar-refractivity contribution < 1.29 is 0 Å². The predicted octanol–water partition coefficient (Wildman–Crippen LogP) is 3.77. The normalized spacial score (nSPS) is 9.71. The molecule has 4 heteroatoms. The molecule has 0 radical (unpaired) electrons. The number of rotatable bonds is 2. The number of hydrogen-bond donors (Lipinski definition) is 1. The Hall–Kier alpha value is -1.86. The SMILES string of the molecule is Cc1cccc(Nc2cncc(Br)c2)c1C#N. The highest BCUT2D eigenvalue weighted by molar-refractivity contribution is 9.10. The lowest BCUT2D eigenvalue weighted by Crippen LogP contribution is -1.95. The summed E-state index contributed by atoms with van der Waals surface area (Å²) in [6, 6.07) is 9.84. The van der Waals surface area contributed by atoms with Crippen LogP contribution in [0.15, 0.2) is 41.1 Å². The number of pyridine rings is 1. The van der Waals surface area contributed by atoms with Gasteiger partial charge >= 0.3 is 0 Å². The van der Waals surface area contributed by atoms with E-state index in [2.05, 4.69) is 32.3 Å². The van der Waals surface area contributed by atoms with Gasteiger partial charge in [0.1, 0.15) is 6.07 Å². The smallest absolute Gasteiger partial charge is 0.102 e. The molecule has 1 heterocycles. The minimum absolute atomic E-state index is 0.660. The van der Waals surface area contributed by atoms with Gasteiger partial charge in [-0.15, -0.1) is 0 Å². The molecule has 0 aliphatic rings. The second-order valence-electron chi connectivity index (χ2n) is 3.63. The highest BCUT2D eigenvalue weighted by Gasteiger charge is 2.05. The molecule has 2 aromatic rings. The average molecular weight is 288 g/mol. The van der Waals surface area contributed by atoms with Crippen molar-refractivity contribution in [3.63, 3.8) is 0 Å². The number of aromatic nitrogens is 1. The third kappa shape index (κ3) is 2.63. The Balaban J connectivity index is 2.37. The van der Waals surface area contributed by atoms with E-state index in [1.807, 2.05) is 31.2 Å². The number of nitriles is 1. The molecule has 0 spiro atoms. The summed E-state index contributed by atoms with van der Waals surface area (Å²) in [5.41, 5.74) is 3.27. The van der Waals surface area contributed by atoms with Gasteiger partial charge in [0.25, 0.3) is 0 Å². The van der Waals surface area contributed by atoms with Crippen LogP contribution in [0.5, 0.6) is 0 Å². The third-order valence-corrected chi connectivity index (χ3v) is 2.80. The maximum absolute atomic E-state index is 9.12. The Morgan fingerprint density at radius 1 is 1.35 bits per heavy atom. The summed E-state index contributed by atoms with van der Waals surface area (Å²) in [5.74, 6) is 0. The first-order valence-electron chi connectivity index (χ1n) is 5.08. The molecule has 0 atom stereocenters. The molecular weight excluding hydrogens is 278 g/mol. The van der Waals surface area contributed by atoms with Crippen molar-refractivity contribution in [2.24, 2.45) is 0 Å². The van der Waals surface area contributed by atoms with Crippen LogP contribution in [0.1, 0.15) is 11.1 Å². The minimum Gasteiger partial charge on any atom is -0.353 e. The van der Waals surface area contributed by atoms with Crippen LogP contribution >= 0.6 is 15.9 Å². The van der Waals surface area contributed by atoms with E-state index in [0.29, 0.717) is 5.56 Å². The van der Waals surface area contributed by atoms with Gasteiger partial charge in [0.15, 0.2) is 0 Å². The largest absolute Gasteiger partial charge is 0.353 e. The van der Waals surface area contributed by atoms with Gasteiger partial charge in [0.2, 0.25) is 0 Å². The number of anilines is 2. The molecule has 0 amide bonds. The molecule has 0 bridgehead atoms. The van der Waals surface area contributed by atoms with Crippen molar-refractivity contribution in [3.8, 4) is 6.07 Å². The summed E-state index contributed by atoms with van der Waals surface area (Å²) < 4.78 is 0.897. The fourth-order valence-electron chi connectivity index (χ4n) is 1.56. The second-order valence-corrected chi connectivity index (χ2v) is 4.54. The summed E-state index contributed by atoms with van der Waals surface area (Å²) >= 11 is 3.36. The fourth-order valence-corrected chi connectivity index (χ4v) is 1.92. The molecule has 0 fully saturated rings. The molecule has 84 valence electrons. The zero-order valence-electron chi connectivity index (χ0n) is 9.24. The molecule has 1 aromatic heterocycles. The molecule has 0 aliphatic heterocycles. The van der Waals surface area contributed by atoms with Crippen LogP contribution in [0.2, 0.25) is 0 Å². The fraction of sp³-hybridized carbons (Fsp3) is 0.0769. The van der Waals surface area contributed by atoms with Gasteiger partial charge < -0.3 is 5.32 Å². The summed E-state index contributed by atoms with van der Waals surface area (Å²) in [5, 5.41) is 12.3. The van der Waals surface area contributed by atoms with Gasteiger partial charge in [-0.1, -0.05) is 12.1 Å². The Kier molecular flexibility index (Phi) is 3.40. The molecule has 1 aromatic carbocycles. The predicted molar refractivity (Wildman–Crippen MR) is 71.1 cm³/mol. The zero-order valence-corrected chi connectivity index (χ0v) is 10.8. The van der Waals surface area contributed by atoms with Crippen LogP contribution in [0.3, 0.4) is 0 Å². The second kappa shape index (κ2) is 4.98. The minimum atomic E-state index is 0.660. The first-order chi connectivity index (χ1) is 8.20. The van der Waals surface area contributed by atoms with E-state index in [1.54, 1.807) is 12.4 Å². The molecule has 0 saturated carbocycles. The van der Waals surface area contributed by atoms with E-state index in [1.165, 1.54) is 0 Å². The highest BCUT2D eigenvalue weighted by atomic mass is 79.9. The highest BCUT2D eigenvalue weighted by Crippen LogP contribution is 2.23. The number of nitrogens with zero attached hydrogens (tertiary/aromatic N) is 2. The zero-order chi connectivity index (χ0) is 12.3. The molecule has 2 rings (SSSR count). The Morgan fingerprint density at radius 3 is 2.88 bits per heavy atom. The van der Waals surface area contributed by atoms with Gasteiger partial charge in [-0.2, -0.15) is 5.26 Å². The monoisotopic (exact) mass is 287 g/mol. The number of aryl methyl sites for hydroxylation is 1. The average Bonchev–Trinajstić information content (AvgIpc) is 2.29. The molecule has 0 saturated heterocycles. The van der Waals surface area contributed by atoms with Crippen molar-refractivity contribution in [1.82, 2.24) is 4.98 Å². The molecular formula is C13H10BrN3. The summed E-state index contributed by atoms with van der Waals surface area (Å²) in [4.78, 5) is 4.07. The van der Waals surface area contributed by atoms with E-state index >= 15 is 0 Å². The molecule has 0 aliphatic carbocycles. The van der Waals surface area contributed by atoms with Gasteiger partial charge in [0.05, 0.1) is 23.1 Å². The van der Waals surface area contributed by atoms with E-state index in [4.69, 9.17) is 5.26 Å². The summed E-state index contributed by atoms with van der Waals surface area (Å²) in [6.07, 6.45) is 3.43. The van der Waals surface area contributed by atoms with Gasteiger partial charge in [-0.3, -0.25) is 4.98 Å². The Morgan fingerprint density at radius 2 is 2.18 bits per heavy atom. The summed E-state index contributed by atoms with van der Waals surface area (Å²) in [6.45, 7) is 1.92. The van der Waals surface area contributed by atoms with Gasteiger partial charge in [-0.25, -0.2) is 0 Å². The number of hydrogen-bond acceptors (Lipinski definition) is 3. The van der Waals surface area contributed by atoms with Crippen molar-refractivity contribution in [3.05, 3.63) is 52.3 Å². The number of nitrogens with one attached hydrogen (secondary N) is 1. The lowest BCUT2D eigenvalue weighted by Gasteiger charge is -2.09. The molecule has 1 N–H and O–H groups in total. The van der Waals surface area contributed by atoms with Crippen molar-refractivity contribution in [2.75, 3.05) is 5.32 Å². The van der Waals surface area contributed by atoms with Crippen molar-refractivity contribution >= 4 is 27.3 Å². The van der Waals surface area contributed by atoms with Crippen molar-refractivity contribution in [2.45, 2.75) is 6.92 Å².